The van der Waals surface area contributed by atoms with Crippen LogP contribution in [-0.2, 0) is 20.8 Å². The van der Waals surface area contributed by atoms with Gasteiger partial charge < -0.3 is 15.1 Å². The van der Waals surface area contributed by atoms with E-state index in [0.29, 0.717) is 0 Å². The number of carbonyl (C=O) groups excluding carboxylic acids is 3. The first kappa shape index (κ1) is 20.5. The van der Waals surface area contributed by atoms with Gasteiger partial charge in [-0.1, -0.05) is 37.3 Å². The van der Waals surface area contributed by atoms with Crippen LogP contribution in [0.25, 0.3) is 0 Å². The van der Waals surface area contributed by atoms with Crippen LogP contribution < -0.4 is 10.2 Å². The predicted octanol–water partition coefficient (Wildman–Crippen LogP) is 2.84. The number of benzene rings is 2. The normalized spacial score (nSPS) is 16.0. The van der Waals surface area contributed by atoms with Gasteiger partial charge in [0.2, 0.25) is 17.7 Å². The number of likely N-dealkylation sites (N-methyl/N-ethyl adjacent to an activating group) is 1. The van der Waals surface area contributed by atoms with E-state index in [-0.39, 0.29) is 42.9 Å². The van der Waals surface area contributed by atoms with Crippen molar-refractivity contribution in [1.82, 2.24) is 4.90 Å². The molecule has 29 heavy (non-hydrogen) atoms. The summed E-state index contributed by atoms with van der Waals surface area (Å²) >= 11 is 0. The van der Waals surface area contributed by atoms with Gasteiger partial charge in [-0.25, -0.2) is 4.39 Å². The Bertz CT molecular complexity index is 931. The number of amides is 3. The molecular weight excluding hydrogens is 373 g/mol. The highest BCUT2D eigenvalue weighted by Gasteiger charge is 2.37. The van der Waals surface area contributed by atoms with Gasteiger partial charge in [0.1, 0.15) is 5.82 Å². The van der Waals surface area contributed by atoms with Crippen molar-refractivity contribution in [1.29, 1.82) is 0 Å². The van der Waals surface area contributed by atoms with Crippen LogP contribution in [0.2, 0.25) is 0 Å². The molecule has 0 saturated carbocycles. The van der Waals surface area contributed by atoms with Gasteiger partial charge in [0.15, 0.2) is 0 Å². The lowest BCUT2D eigenvalue weighted by Gasteiger charge is -2.21. The maximum Gasteiger partial charge on any atom is 0.243 e. The van der Waals surface area contributed by atoms with E-state index < -0.39 is 11.7 Å². The highest BCUT2D eigenvalue weighted by atomic mass is 19.1. The van der Waals surface area contributed by atoms with Crippen LogP contribution in [0.4, 0.5) is 15.8 Å². The predicted molar refractivity (Wildman–Crippen MR) is 109 cm³/mol. The Morgan fingerprint density at radius 1 is 1.17 bits per heavy atom. The fourth-order valence-corrected chi connectivity index (χ4v) is 3.52. The van der Waals surface area contributed by atoms with Crippen molar-refractivity contribution >= 4 is 29.1 Å². The molecule has 1 aliphatic rings. The third kappa shape index (κ3) is 4.62. The number of hydrogen-bond donors (Lipinski definition) is 1. The van der Waals surface area contributed by atoms with Gasteiger partial charge in [-0.2, -0.15) is 0 Å². The Morgan fingerprint density at radius 3 is 2.59 bits per heavy atom. The average molecular weight is 397 g/mol. The molecule has 0 bridgehead atoms. The Labute approximate surface area is 169 Å². The van der Waals surface area contributed by atoms with Crippen molar-refractivity contribution in [3.05, 3.63) is 59.9 Å². The summed E-state index contributed by atoms with van der Waals surface area (Å²) in [6.45, 7) is 1.98. The maximum atomic E-state index is 14.0. The molecule has 1 fully saturated rings. The third-order valence-electron chi connectivity index (χ3n) is 5.05. The lowest BCUT2D eigenvalue weighted by Crippen LogP contribution is -2.39. The molecule has 0 aromatic heterocycles. The highest BCUT2D eigenvalue weighted by molar-refractivity contribution is 6.01. The monoisotopic (exact) mass is 397 g/mol. The molecular formula is C22H24FN3O3. The lowest BCUT2D eigenvalue weighted by molar-refractivity contribution is -0.137. The number of para-hydroxylation sites is 2. The number of nitrogens with zero attached hydrogens (tertiary/aromatic N) is 2. The number of halogens is 1. The van der Waals surface area contributed by atoms with Gasteiger partial charge in [-0.3, -0.25) is 14.4 Å². The number of rotatable bonds is 6. The van der Waals surface area contributed by atoms with Crippen LogP contribution in [0.1, 0.15) is 18.9 Å². The molecule has 1 atom stereocenters. The van der Waals surface area contributed by atoms with Crippen molar-refractivity contribution in [2.45, 2.75) is 19.8 Å². The second kappa shape index (κ2) is 8.86. The molecule has 2 aromatic rings. The lowest BCUT2D eigenvalue weighted by atomic mass is 10.1. The minimum atomic E-state index is -0.608. The van der Waals surface area contributed by atoms with Crippen molar-refractivity contribution in [3.8, 4) is 0 Å². The molecule has 152 valence electrons. The van der Waals surface area contributed by atoms with Gasteiger partial charge in [-0.05, 0) is 30.2 Å². The number of anilines is 2. The molecule has 7 heteroatoms. The first-order valence-corrected chi connectivity index (χ1v) is 9.58. The third-order valence-corrected chi connectivity index (χ3v) is 5.05. The number of nitrogens with one attached hydrogen (secondary N) is 1. The van der Waals surface area contributed by atoms with E-state index in [9.17, 15) is 18.8 Å². The molecule has 2 aromatic carbocycles. The Hall–Kier alpha value is -3.22. The Balaban J connectivity index is 1.61. The van der Waals surface area contributed by atoms with Crippen molar-refractivity contribution < 1.29 is 18.8 Å². The molecule has 3 amide bonds. The summed E-state index contributed by atoms with van der Waals surface area (Å²) in [5, 5.41) is 2.83. The summed E-state index contributed by atoms with van der Waals surface area (Å²) in [6.07, 6.45) is 0.777. The molecule has 1 N–H and O–H groups in total. The van der Waals surface area contributed by atoms with E-state index in [1.807, 2.05) is 31.2 Å². The van der Waals surface area contributed by atoms with Crippen LogP contribution in [0, 0.1) is 11.7 Å². The largest absolute Gasteiger partial charge is 0.336 e. The quantitative estimate of drug-likeness (QED) is 0.815. The van der Waals surface area contributed by atoms with Crippen molar-refractivity contribution in [2.24, 2.45) is 5.92 Å². The van der Waals surface area contributed by atoms with Crippen LogP contribution in [0.15, 0.2) is 48.5 Å². The van der Waals surface area contributed by atoms with Gasteiger partial charge >= 0.3 is 0 Å². The van der Waals surface area contributed by atoms with E-state index in [0.717, 1.165) is 17.7 Å². The van der Waals surface area contributed by atoms with Gasteiger partial charge in [0.25, 0.3) is 0 Å². The minimum absolute atomic E-state index is 0.00219. The molecule has 0 radical (unpaired) electrons. The van der Waals surface area contributed by atoms with Gasteiger partial charge in [-0.15, -0.1) is 0 Å². The number of aryl methyl sites for hydroxylation is 1. The summed E-state index contributed by atoms with van der Waals surface area (Å²) in [4.78, 5) is 40.0. The van der Waals surface area contributed by atoms with Gasteiger partial charge in [0, 0.05) is 25.7 Å². The highest BCUT2D eigenvalue weighted by Crippen LogP contribution is 2.28. The Morgan fingerprint density at radius 2 is 1.86 bits per heavy atom. The SMILES string of the molecule is CCc1ccccc1NC(=O)CN(C)C(=O)[C@H]1CC(=O)N(c2ccccc2F)C1. The number of carbonyl (C=O) groups is 3. The molecule has 1 heterocycles. The van der Waals surface area contributed by atoms with Crippen LogP contribution in [0.3, 0.4) is 0 Å². The van der Waals surface area contributed by atoms with Gasteiger partial charge in [0.05, 0.1) is 18.2 Å². The summed E-state index contributed by atoms with van der Waals surface area (Å²) < 4.78 is 14.0. The van der Waals surface area contributed by atoms with E-state index >= 15 is 0 Å². The molecule has 1 aliphatic heterocycles. The summed E-state index contributed by atoms with van der Waals surface area (Å²) in [6, 6.07) is 13.5. The molecule has 1 saturated heterocycles. The first-order chi connectivity index (χ1) is 13.9. The zero-order valence-electron chi connectivity index (χ0n) is 16.5. The van der Waals surface area contributed by atoms with Crippen molar-refractivity contribution in [2.75, 3.05) is 30.4 Å². The number of hydrogen-bond acceptors (Lipinski definition) is 3. The van der Waals surface area contributed by atoms with E-state index in [1.165, 1.54) is 29.0 Å². The van der Waals surface area contributed by atoms with Crippen molar-refractivity contribution in [3.63, 3.8) is 0 Å². The topological polar surface area (TPSA) is 69.7 Å². The van der Waals surface area contributed by atoms with Crippen LogP contribution >= 0.6 is 0 Å². The summed E-state index contributed by atoms with van der Waals surface area (Å²) in [5.41, 5.74) is 1.91. The van der Waals surface area contributed by atoms with E-state index in [1.54, 1.807) is 12.1 Å². The molecule has 3 rings (SSSR count). The fraction of sp³-hybridized carbons (Fsp3) is 0.318. The maximum absolute atomic E-state index is 14.0. The standard InChI is InChI=1S/C22H24FN3O3/c1-3-15-8-4-6-10-18(15)24-20(27)14-25(2)22(29)16-12-21(28)26(13-16)19-11-7-5-9-17(19)23/h4-11,16H,3,12-14H2,1-2H3,(H,24,27)/t16-/m0/s1. The second-order valence-corrected chi connectivity index (χ2v) is 7.11. The molecule has 0 unspecified atom stereocenters. The first-order valence-electron chi connectivity index (χ1n) is 9.58. The molecule has 0 aliphatic carbocycles. The molecule has 0 spiro atoms. The van der Waals surface area contributed by atoms with E-state index in [4.69, 9.17) is 0 Å². The zero-order valence-corrected chi connectivity index (χ0v) is 16.5. The minimum Gasteiger partial charge on any atom is -0.336 e. The molecule has 6 nitrogen and oxygen atoms in total. The average Bonchev–Trinajstić information content (AvgIpc) is 3.09. The van der Waals surface area contributed by atoms with E-state index in [2.05, 4.69) is 5.32 Å². The van der Waals surface area contributed by atoms with Crippen LogP contribution in [0.5, 0.6) is 0 Å². The van der Waals surface area contributed by atoms with Crippen LogP contribution in [-0.4, -0.2) is 42.8 Å². The summed E-state index contributed by atoms with van der Waals surface area (Å²) in [5.74, 6) is -2.03. The second-order valence-electron chi connectivity index (χ2n) is 7.11. The smallest absolute Gasteiger partial charge is 0.243 e. The summed E-state index contributed by atoms with van der Waals surface area (Å²) in [7, 11) is 1.53. The fourth-order valence-electron chi connectivity index (χ4n) is 3.52. The Kier molecular flexibility index (Phi) is 6.26. The zero-order chi connectivity index (χ0) is 21.0.